The lowest BCUT2D eigenvalue weighted by Crippen LogP contribution is -1.93. The van der Waals surface area contributed by atoms with Gasteiger partial charge in [-0.3, -0.25) is 0 Å². The second-order valence-electron chi connectivity index (χ2n) is 3.56. The fourth-order valence-electron chi connectivity index (χ4n) is 1.42. The largest absolute Gasteiger partial charge is 0.355 e. The molecule has 18 heavy (non-hydrogen) atoms. The molecule has 0 spiro atoms. The third-order valence-electron chi connectivity index (χ3n) is 2.30. The van der Waals surface area contributed by atoms with Gasteiger partial charge in [-0.25, -0.2) is 8.78 Å². The smallest absolute Gasteiger partial charge is 0.143 e. The van der Waals surface area contributed by atoms with Crippen LogP contribution in [0.5, 0.6) is 0 Å². The van der Waals surface area contributed by atoms with E-state index < -0.39 is 11.6 Å². The van der Waals surface area contributed by atoms with E-state index in [1.807, 2.05) is 0 Å². The maximum Gasteiger partial charge on any atom is 0.143 e. The van der Waals surface area contributed by atoms with Crippen LogP contribution < -0.4 is 5.32 Å². The summed E-state index contributed by atoms with van der Waals surface area (Å²) in [6.45, 7) is 0. The van der Waals surface area contributed by atoms with Crippen LogP contribution in [0.4, 0.5) is 20.2 Å². The van der Waals surface area contributed by atoms with E-state index in [1.54, 1.807) is 24.3 Å². The fraction of sp³-hybridized carbons (Fsp3) is 0. The Morgan fingerprint density at radius 1 is 1.00 bits per heavy atom. The average molecular weight is 309 g/mol. The number of benzene rings is 2. The SMILES string of the molecule is N#Cc1ccc(Nc2ccc(Br)c(F)c2)cc1F. The van der Waals surface area contributed by atoms with E-state index in [0.717, 1.165) is 0 Å². The Morgan fingerprint density at radius 2 is 1.61 bits per heavy atom. The van der Waals surface area contributed by atoms with Gasteiger partial charge in [0.25, 0.3) is 0 Å². The number of nitrogens with zero attached hydrogens (tertiary/aromatic N) is 1. The van der Waals surface area contributed by atoms with Crippen LogP contribution in [-0.2, 0) is 0 Å². The predicted octanol–water partition coefficient (Wildman–Crippen LogP) is 4.34. The van der Waals surface area contributed by atoms with E-state index in [9.17, 15) is 8.78 Å². The number of nitriles is 1. The van der Waals surface area contributed by atoms with Crippen LogP contribution in [0.15, 0.2) is 40.9 Å². The first kappa shape index (κ1) is 12.5. The Hall–Kier alpha value is -1.93. The zero-order valence-electron chi connectivity index (χ0n) is 9.05. The average Bonchev–Trinajstić information content (AvgIpc) is 2.34. The fourth-order valence-corrected chi connectivity index (χ4v) is 1.67. The van der Waals surface area contributed by atoms with Gasteiger partial charge in [0, 0.05) is 11.4 Å². The van der Waals surface area contributed by atoms with Crippen LogP contribution in [0.1, 0.15) is 5.56 Å². The lowest BCUT2D eigenvalue weighted by molar-refractivity contribution is 0.621. The lowest BCUT2D eigenvalue weighted by Gasteiger charge is -2.07. The standard InChI is InChI=1S/C13H7BrF2N2/c14-11-4-3-10(6-13(11)16)18-9-2-1-8(7-17)12(15)5-9/h1-6,18H. The van der Waals surface area contributed by atoms with Gasteiger partial charge in [0.2, 0.25) is 0 Å². The maximum atomic E-state index is 13.4. The third kappa shape index (κ3) is 2.66. The summed E-state index contributed by atoms with van der Waals surface area (Å²) in [5.41, 5.74) is 0.926. The first-order valence-corrected chi connectivity index (χ1v) is 5.81. The lowest BCUT2D eigenvalue weighted by atomic mass is 10.2. The van der Waals surface area contributed by atoms with Crippen molar-refractivity contribution in [3.8, 4) is 6.07 Å². The van der Waals surface area contributed by atoms with Gasteiger partial charge in [0.1, 0.15) is 17.7 Å². The highest BCUT2D eigenvalue weighted by molar-refractivity contribution is 9.10. The molecular weight excluding hydrogens is 302 g/mol. The Bertz CT molecular complexity index is 635. The van der Waals surface area contributed by atoms with Crippen LogP contribution in [0.2, 0.25) is 0 Å². The summed E-state index contributed by atoms with van der Waals surface area (Å²) in [5, 5.41) is 11.5. The number of rotatable bonds is 2. The summed E-state index contributed by atoms with van der Waals surface area (Å²) in [4.78, 5) is 0. The zero-order valence-corrected chi connectivity index (χ0v) is 10.6. The minimum atomic E-state index is -0.611. The molecule has 0 aliphatic rings. The molecule has 2 nitrogen and oxygen atoms in total. The monoisotopic (exact) mass is 308 g/mol. The van der Waals surface area contributed by atoms with E-state index in [1.165, 1.54) is 18.2 Å². The van der Waals surface area contributed by atoms with E-state index in [-0.39, 0.29) is 5.56 Å². The predicted molar refractivity (Wildman–Crippen MR) is 68.5 cm³/mol. The molecule has 0 saturated heterocycles. The van der Waals surface area contributed by atoms with Gasteiger partial charge in [-0.2, -0.15) is 5.26 Å². The van der Waals surface area contributed by atoms with Gasteiger partial charge < -0.3 is 5.32 Å². The van der Waals surface area contributed by atoms with Gasteiger partial charge in [-0.15, -0.1) is 0 Å². The van der Waals surface area contributed by atoms with Crippen LogP contribution in [0, 0.1) is 23.0 Å². The number of hydrogen-bond acceptors (Lipinski definition) is 2. The highest BCUT2D eigenvalue weighted by Gasteiger charge is 2.04. The number of nitrogens with one attached hydrogen (secondary N) is 1. The topological polar surface area (TPSA) is 35.8 Å². The normalized spacial score (nSPS) is 9.89. The molecular formula is C13H7BrF2N2. The van der Waals surface area contributed by atoms with Gasteiger partial charge in [-0.05, 0) is 52.3 Å². The molecule has 1 N–H and O–H groups in total. The summed E-state index contributed by atoms with van der Waals surface area (Å²) in [7, 11) is 0. The van der Waals surface area contributed by atoms with E-state index in [4.69, 9.17) is 5.26 Å². The van der Waals surface area contributed by atoms with E-state index in [0.29, 0.717) is 15.8 Å². The summed E-state index contributed by atoms with van der Waals surface area (Å²) in [6.07, 6.45) is 0. The Morgan fingerprint density at radius 3 is 2.17 bits per heavy atom. The summed E-state index contributed by atoms with van der Waals surface area (Å²) >= 11 is 3.05. The highest BCUT2D eigenvalue weighted by Crippen LogP contribution is 2.23. The molecule has 90 valence electrons. The molecule has 0 bridgehead atoms. The molecule has 2 aromatic rings. The highest BCUT2D eigenvalue weighted by atomic mass is 79.9. The summed E-state index contributed by atoms with van der Waals surface area (Å²) < 4.78 is 27.0. The van der Waals surface area contributed by atoms with Crippen molar-refractivity contribution in [2.75, 3.05) is 5.32 Å². The molecule has 0 aromatic heterocycles. The Balaban J connectivity index is 2.26. The van der Waals surface area contributed by atoms with Gasteiger partial charge >= 0.3 is 0 Å². The summed E-state index contributed by atoms with van der Waals surface area (Å²) in [5.74, 6) is -1.02. The van der Waals surface area contributed by atoms with E-state index in [2.05, 4.69) is 21.2 Å². The maximum absolute atomic E-state index is 13.4. The Kier molecular flexibility index (Phi) is 3.58. The molecule has 0 heterocycles. The third-order valence-corrected chi connectivity index (χ3v) is 2.94. The molecule has 0 atom stereocenters. The van der Waals surface area contributed by atoms with Gasteiger partial charge in [0.15, 0.2) is 0 Å². The first-order chi connectivity index (χ1) is 8.60. The van der Waals surface area contributed by atoms with Crippen molar-refractivity contribution in [3.63, 3.8) is 0 Å². The molecule has 0 fully saturated rings. The molecule has 0 aliphatic heterocycles. The van der Waals surface area contributed by atoms with Crippen molar-refractivity contribution in [1.29, 1.82) is 5.26 Å². The number of halogens is 3. The number of anilines is 2. The molecule has 5 heteroatoms. The number of hydrogen-bond donors (Lipinski definition) is 1. The van der Waals surface area contributed by atoms with Crippen LogP contribution >= 0.6 is 15.9 Å². The molecule has 0 amide bonds. The second-order valence-corrected chi connectivity index (χ2v) is 4.41. The van der Waals surface area contributed by atoms with Crippen molar-refractivity contribution in [2.24, 2.45) is 0 Å². The zero-order chi connectivity index (χ0) is 13.1. The second kappa shape index (κ2) is 5.15. The molecule has 2 aromatic carbocycles. The molecule has 0 radical (unpaired) electrons. The quantitative estimate of drug-likeness (QED) is 0.895. The summed E-state index contributed by atoms with van der Waals surface area (Å²) in [6, 6.07) is 10.4. The Labute approximate surface area is 111 Å². The van der Waals surface area contributed by atoms with E-state index >= 15 is 0 Å². The molecule has 2 rings (SSSR count). The van der Waals surface area contributed by atoms with Crippen LogP contribution in [0.25, 0.3) is 0 Å². The molecule has 0 saturated carbocycles. The van der Waals surface area contributed by atoms with Crippen LogP contribution in [0.3, 0.4) is 0 Å². The molecule has 0 unspecified atom stereocenters. The van der Waals surface area contributed by atoms with Crippen molar-refractivity contribution in [3.05, 3.63) is 58.1 Å². The minimum Gasteiger partial charge on any atom is -0.355 e. The first-order valence-electron chi connectivity index (χ1n) is 5.02. The molecule has 0 aliphatic carbocycles. The van der Waals surface area contributed by atoms with Crippen molar-refractivity contribution < 1.29 is 8.78 Å². The van der Waals surface area contributed by atoms with Gasteiger partial charge in [0.05, 0.1) is 10.0 Å². The van der Waals surface area contributed by atoms with Crippen molar-refractivity contribution in [1.82, 2.24) is 0 Å². The van der Waals surface area contributed by atoms with Crippen molar-refractivity contribution in [2.45, 2.75) is 0 Å². The van der Waals surface area contributed by atoms with Crippen molar-refractivity contribution >= 4 is 27.3 Å². The minimum absolute atomic E-state index is 0.0254. The van der Waals surface area contributed by atoms with Crippen LogP contribution in [-0.4, -0.2) is 0 Å². The van der Waals surface area contributed by atoms with Gasteiger partial charge in [-0.1, -0.05) is 0 Å².